The van der Waals surface area contributed by atoms with Crippen LogP contribution >= 0.6 is 0 Å². The Morgan fingerprint density at radius 3 is 2.72 bits per heavy atom. The van der Waals surface area contributed by atoms with Gasteiger partial charge in [-0.3, -0.25) is 10.1 Å². The third-order valence-electron chi connectivity index (χ3n) is 4.10. The van der Waals surface area contributed by atoms with Gasteiger partial charge in [-0.25, -0.2) is 14.4 Å². The molecule has 3 heterocycles. The first-order valence-corrected chi connectivity index (χ1v) is 8.20. The van der Waals surface area contributed by atoms with E-state index in [0.717, 1.165) is 17.2 Å². The average molecular weight is 339 g/mol. The molecule has 0 saturated heterocycles. The van der Waals surface area contributed by atoms with Crippen molar-refractivity contribution < 1.29 is 4.39 Å². The molecule has 3 N–H and O–H groups in total. The zero-order valence-corrected chi connectivity index (χ0v) is 13.7. The monoisotopic (exact) mass is 339 g/mol. The van der Waals surface area contributed by atoms with Crippen molar-refractivity contribution in [1.82, 2.24) is 25.1 Å². The summed E-state index contributed by atoms with van der Waals surface area (Å²) in [6.45, 7) is 1.94. The van der Waals surface area contributed by atoms with Crippen molar-refractivity contribution in [3.63, 3.8) is 0 Å². The van der Waals surface area contributed by atoms with E-state index >= 15 is 0 Å². The molecule has 1 fully saturated rings. The fraction of sp³-hybridized carbons (Fsp3) is 0.294. The van der Waals surface area contributed by atoms with Crippen LogP contribution < -0.4 is 10.6 Å². The smallest absolute Gasteiger partial charge is 0.153 e. The van der Waals surface area contributed by atoms with Crippen molar-refractivity contribution >= 4 is 17.5 Å². The molecule has 4 rings (SSSR count). The second-order valence-electron chi connectivity index (χ2n) is 6.16. The Labute approximate surface area is 144 Å². The summed E-state index contributed by atoms with van der Waals surface area (Å²) >= 11 is 0. The lowest BCUT2D eigenvalue weighted by molar-refractivity contribution is 0.617. The van der Waals surface area contributed by atoms with Gasteiger partial charge in [0.1, 0.15) is 23.8 Å². The summed E-state index contributed by atoms with van der Waals surface area (Å²) < 4.78 is 13.0. The van der Waals surface area contributed by atoms with Gasteiger partial charge in [0.25, 0.3) is 0 Å². The minimum absolute atomic E-state index is 0.116. The summed E-state index contributed by atoms with van der Waals surface area (Å²) in [7, 11) is 0. The number of hydrogen-bond donors (Lipinski definition) is 3. The third kappa shape index (κ3) is 3.73. The molecule has 1 saturated carbocycles. The van der Waals surface area contributed by atoms with E-state index in [2.05, 4.69) is 35.8 Å². The maximum Gasteiger partial charge on any atom is 0.153 e. The van der Waals surface area contributed by atoms with Crippen LogP contribution in [0, 0.1) is 5.82 Å². The third-order valence-corrected chi connectivity index (χ3v) is 4.10. The highest BCUT2D eigenvalue weighted by Gasteiger charge is 2.25. The van der Waals surface area contributed by atoms with E-state index in [-0.39, 0.29) is 11.9 Å². The maximum atomic E-state index is 13.0. The van der Waals surface area contributed by atoms with Gasteiger partial charge >= 0.3 is 0 Å². The molecule has 0 aliphatic heterocycles. The minimum atomic E-state index is -0.353. The molecule has 1 atom stereocenters. The van der Waals surface area contributed by atoms with E-state index in [9.17, 15) is 4.39 Å². The molecular weight excluding hydrogens is 321 g/mol. The molecule has 0 bridgehead atoms. The number of aromatic amines is 1. The van der Waals surface area contributed by atoms with Gasteiger partial charge < -0.3 is 10.6 Å². The zero-order chi connectivity index (χ0) is 17.2. The Kier molecular flexibility index (Phi) is 4.01. The number of pyridine rings is 1. The summed E-state index contributed by atoms with van der Waals surface area (Å²) in [6, 6.07) is 6.73. The summed E-state index contributed by atoms with van der Waals surface area (Å²) in [5, 5.41) is 13.7. The van der Waals surface area contributed by atoms with Crippen LogP contribution in [0.2, 0.25) is 0 Å². The first-order valence-electron chi connectivity index (χ1n) is 8.20. The fourth-order valence-corrected chi connectivity index (χ4v) is 2.58. The largest absolute Gasteiger partial charge is 0.362 e. The van der Waals surface area contributed by atoms with Gasteiger partial charge in [-0.2, -0.15) is 5.10 Å². The Bertz CT molecular complexity index is 857. The van der Waals surface area contributed by atoms with E-state index in [0.29, 0.717) is 17.6 Å². The quantitative estimate of drug-likeness (QED) is 0.636. The van der Waals surface area contributed by atoms with Crippen LogP contribution in [0.3, 0.4) is 0 Å². The van der Waals surface area contributed by atoms with Crippen LogP contribution in [0.25, 0.3) is 0 Å². The summed E-state index contributed by atoms with van der Waals surface area (Å²) in [5.41, 5.74) is 1.89. The molecule has 1 unspecified atom stereocenters. The highest BCUT2D eigenvalue weighted by molar-refractivity contribution is 5.56. The van der Waals surface area contributed by atoms with Crippen LogP contribution in [0.4, 0.5) is 21.8 Å². The van der Waals surface area contributed by atoms with Crippen LogP contribution in [0.1, 0.15) is 43.1 Å². The predicted molar refractivity (Wildman–Crippen MR) is 92.1 cm³/mol. The highest BCUT2D eigenvalue weighted by Crippen LogP contribution is 2.39. The van der Waals surface area contributed by atoms with Crippen molar-refractivity contribution in [3.05, 3.63) is 54.0 Å². The van der Waals surface area contributed by atoms with Gasteiger partial charge in [0, 0.05) is 23.7 Å². The van der Waals surface area contributed by atoms with Crippen LogP contribution in [-0.2, 0) is 0 Å². The first kappa shape index (κ1) is 15.5. The van der Waals surface area contributed by atoms with Crippen molar-refractivity contribution in [2.24, 2.45) is 0 Å². The van der Waals surface area contributed by atoms with E-state index in [1.807, 2.05) is 13.0 Å². The number of nitrogens with one attached hydrogen (secondary N) is 3. The standard InChI is InChI=1S/C17H18FN7/c1-10(13-5-4-12(18)8-19-13)22-15-7-16(21-9-20-15)23-17-6-14(24-25-17)11-2-3-11/h4-11H,2-3H2,1H3,(H3,20,21,22,23,24,25). The molecule has 7 nitrogen and oxygen atoms in total. The summed E-state index contributed by atoms with van der Waals surface area (Å²) in [5.74, 6) is 2.29. The first-order chi connectivity index (χ1) is 12.2. The lowest BCUT2D eigenvalue weighted by Gasteiger charge is -2.14. The van der Waals surface area contributed by atoms with E-state index in [4.69, 9.17) is 0 Å². The molecule has 0 aromatic carbocycles. The van der Waals surface area contributed by atoms with Gasteiger partial charge in [-0.15, -0.1) is 0 Å². The molecule has 8 heteroatoms. The topological polar surface area (TPSA) is 91.4 Å². The average Bonchev–Trinajstić information content (AvgIpc) is 3.36. The number of aromatic nitrogens is 5. The van der Waals surface area contributed by atoms with E-state index < -0.39 is 0 Å². The minimum Gasteiger partial charge on any atom is -0.362 e. The molecule has 0 spiro atoms. The van der Waals surface area contributed by atoms with E-state index in [1.165, 1.54) is 31.4 Å². The molecule has 128 valence electrons. The molecule has 0 radical (unpaired) electrons. The molecule has 3 aromatic heterocycles. The second kappa shape index (κ2) is 6.46. The Balaban J connectivity index is 1.44. The highest BCUT2D eigenvalue weighted by atomic mass is 19.1. The number of halogens is 1. The van der Waals surface area contributed by atoms with Gasteiger partial charge in [0.15, 0.2) is 5.82 Å². The summed E-state index contributed by atoms with van der Waals surface area (Å²) in [6.07, 6.45) is 5.12. The van der Waals surface area contributed by atoms with Gasteiger partial charge in [-0.1, -0.05) is 0 Å². The van der Waals surface area contributed by atoms with Crippen molar-refractivity contribution in [1.29, 1.82) is 0 Å². The van der Waals surface area contributed by atoms with Crippen molar-refractivity contribution in [2.75, 3.05) is 10.6 Å². The number of H-pyrrole nitrogens is 1. The van der Waals surface area contributed by atoms with Crippen molar-refractivity contribution in [2.45, 2.75) is 31.7 Å². The number of anilines is 3. The maximum absolute atomic E-state index is 13.0. The second-order valence-corrected chi connectivity index (χ2v) is 6.16. The SMILES string of the molecule is CC(Nc1cc(Nc2cc(C3CC3)[nH]n2)ncn1)c1ccc(F)cn1. The lowest BCUT2D eigenvalue weighted by atomic mass is 10.2. The normalized spacial score (nSPS) is 15.0. The number of rotatable bonds is 6. The van der Waals surface area contributed by atoms with Crippen LogP contribution in [0.5, 0.6) is 0 Å². The number of nitrogens with zero attached hydrogens (tertiary/aromatic N) is 4. The van der Waals surface area contributed by atoms with Gasteiger partial charge in [0.2, 0.25) is 0 Å². The van der Waals surface area contributed by atoms with Gasteiger partial charge in [-0.05, 0) is 31.9 Å². The Hall–Kier alpha value is -3.03. The lowest BCUT2D eigenvalue weighted by Crippen LogP contribution is -2.10. The molecule has 1 aliphatic rings. The Morgan fingerprint density at radius 1 is 1.12 bits per heavy atom. The number of hydrogen-bond acceptors (Lipinski definition) is 6. The fourth-order valence-electron chi connectivity index (χ4n) is 2.58. The van der Waals surface area contributed by atoms with Crippen LogP contribution in [0.15, 0.2) is 36.8 Å². The molecular formula is C17H18FN7. The molecule has 0 amide bonds. The van der Waals surface area contributed by atoms with Crippen molar-refractivity contribution in [3.8, 4) is 0 Å². The predicted octanol–water partition coefficient (Wildman–Crippen LogP) is 3.53. The Morgan fingerprint density at radius 2 is 1.96 bits per heavy atom. The summed E-state index contributed by atoms with van der Waals surface area (Å²) in [4.78, 5) is 12.5. The molecule has 25 heavy (non-hydrogen) atoms. The molecule has 1 aliphatic carbocycles. The zero-order valence-electron chi connectivity index (χ0n) is 13.7. The van der Waals surface area contributed by atoms with Gasteiger partial charge in [0.05, 0.1) is 17.9 Å². The van der Waals surface area contributed by atoms with E-state index in [1.54, 1.807) is 12.1 Å². The van der Waals surface area contributed by atoms with Crippen LogP contribution in [-0.4, -0.2) is 25.1 Å². The molecule has 3 aromatic rings.